The molecule has 7 nitrogen and oxygen atoms in total. The lowest BCUT2D eigenvalue weighted by Gasteiger charge is -2.08. The zero-order valence-electron chi connectivity index (χ0n) is 17.8. The second-order valence-electron chi connectivity index (χ2n) is 7.73. The van der Waals surface area contributed by atoms with E-state index in [2.05, 4.69) is 21.0 Å². The highest BCUT2D eigenvalue weighted by Crippen LogP contribution is 2.30. The van der Waals surface area contributed by atoms with Crippen LogP contribution in [0.1, 0.15) is 11.1 Å². The van der Waals surface area contributed by atoms with Crippen molar-refractivity contribution in [3.63, 3.8) is 0 Å². The third-order valence-electron chi connectivity index (χ3n) is 5.67. The SMILES string of the molecule is COc1ccc(CN=Cc2c(O)[nH]c(=O)c3ccc(-c4ccc5[nH]ccc5c4)cc23)cc1O. The average Bonchev–Trinajstić information content (AvgIpc) is 3.29. The van der Waals surface area contributed by atoms with Crippen molar-refractivity contribution >= 4 is 27.9 Å². The largest absolute Gasteiger partial charge is 0.504 e. The Kier molecular flexibility index (Phi) is 5.06. The normalized spacial score (nSPS) is 11.5. The summed E-state index contributed by atoms with van der Waals surface area (Å²) in [5.74, 6) is 0.177. The lowest BCUT2D eigenvalue weighted by molar-refractivity contribution is 0.373. The summed E-state index contributed by atoms with van der Waals surface area (Å²) < 4.78 is 5.06. The minimum Gasteiger partial charge on any atom is -0.504 e. The molecule has 0 aliphatic rings. The summed E-state index contributed by atoms with van der Waals surface area (Å²) in [7, 11) is 1.49. The van der Waals surface area contributed by atoms with E-state index in [1.807, 2.05) is 36.5 Å². The molecule has 5 aromatic rings. The Hall–Kier alpha value is -4.52. The van der Waals surface area contributed by atoms with E-state index in [9.17, 15) is 15.0 Å². The molecule has 0 atom stereocenters. The maximum absolute atomic E-state index is 12.4. The summed E-state index contributed by atoms with van der Waals surface area (Å²) in [5, 5.41) is 22.6. The molecule has 164 valence electrons. The van der Waals surface area contributed by atoms with Gasteiger partial charge in [0.2, 0.25) is 5.88 Å². The zero-order valence-corrected chi connectivity index (χ0v) is 17.8. The number of aromatic nitrogens is 2. The number of hydrogen-bond donors (Lipinski definition) is 4. The van der Waals surface area contributed by atoms with Crippen LogP contribution >= 0.6 is 0 Å². The Morgan fingerprint density at radius 2 is 1.79 bits per heavy atom. The van der Waals surface area contributed by atoms with Crippen molar-refractivity contribution in [1.29, 1.82) is 0 Å². The molecule has 0 radical (unpaired) electrons. The second-order valence-corrected chi connectivity index (χ2v) is 7.73. The van der Waals surface area contributed by atoms with E-state index in [-0.39, 0.29) is 23.7 Å². The lowest BCUT2D eigenvalue weighted by atomic mass is 9.99. The van der Waals surface area contributed by atoms with Gasteiger partial charge in [0.1, 0.15) is 0 Å². The van der Waals surface area contributed by atoms with E-state index in [4.69, 9.17) is 4.74 Å². The number of hydrogen-bond acceptors (Lipinski definition) is 5. The predicted molar refractivity (Wildman–Crippen MR) is 129 cm³/mol. The summed E-state index contributed by atoms with van der Waals surface area (Å²) in [6.07, 6.45) is 3.43. The van der Waals surface area contributed by atoms with Crippen LogP contribution in [0.5, 0.6) is 17.4 Å². The van der Waals surface area contributed by atoms with E-state index in [1.165, 1.54) is 13.3 Å². The molecular weight excluding hydrogens is 418 g/mol. The van der Waals surface area contributed by atoms with Crippen LogP contribution in [0.2, 0.25) is 0 Å². The summed E-state index contributed by atoms with van der Waals surface area (Å²) >= 11 is 0. The van der Waals surface area contributed by atoms with Crippen molar-refractivity contribution < 1.29 is 14.9 Å². The molecule has 0 spiro atoms. The molecule has 0 aliphatic carbocycles. The van der Waals surface area contributed by atoms with Crippen LogP contribution < -0.4 is 10.3 Å². The third kappa shape index (κ3) is 3.80. The van der Waals surface area contributed by atoms with E-state index in [0.717, 1.165) is 27.6 Å². The molecule has 33 heavy (non-hydrogen) atoms. The van der Waals surface area contributed by atoms with Crippen molar-refractivity contribution in [1.82, 2.24) is 9.97 Å². The molecule has 0 saturated carbocycles. The Balaban J connectivity index is 1.54. The van der Waals surface area contributed by atoms with Gasteiger partial charge in [-0.05, 0) is 64.5 Å². The van der Waals surface area contributed by atoms with E-state index < -0.39 is 0 Å². The molecule has 2 heterocycles. The number of fused-ring (bicyclic) bond motifs is 2. The number of aromatic hydroxyl groups is 2. The molecule has 5 rings (SSSR count). The van der Waals surface area contributed by atoms with Gasteiger partial charge in [0.15, 0.2) is 11.5 Å². The van der Waals surface area contributed by atoms with Crippen molar-refractivity contribution in [2.45, 2.75) is 6.54 Å². The maximum atomic E-state index is 12.4. The molecule has 0 aliphatic heterocycles. The first-order valence-electron chi connectivity index (χ1n) is 10.4. The topological polar surface area (TPSA) is 111 Å². The fourth-order valence-corrected chi connectivity index (χ4v) is 3.95. The number of methoxy groups -OCH3 is 1. The summed E-state index contributed by atoms with van der Waals surface area (Å²) in [4.78, 5) is 22.5. The van der Waals surface area contributed by atoms with Crippen LogP contribution in [-0.2, 0) is 6.54 Å². The Bertz CT molecular complexity index is 1580. The number of ether oxygens (including phenoxy) is 1. The molecule has 2 aromatic heterocycles. The van der Waals surface area contributed by atoms with Crippen LogP contribution in [0.4, 0.5) is 0 Å². The van der Waals surface area contributed by atoms with Gasteiger partial charge in [0, 0.05) is 28.7 Å². The van der Waals surface area contributed by atoms with Gasteiger partial charge in [0.25, 0.3) is 5.56 Å². The highest BCUT2D eigenvalue weighted by Gasteiger charge is 2.11. The fourth-order valence-electron chi connectivity index (χ4n) is 3.95. The van der Waals surface area contributed by atoms with Gasteiger partial charge in [-0.15, -0.1) is 0 Å². The molecule has 0 bridgehead atoms. The van der Waals surface area contributed by atoms with Gasteiger partial charge in [-0.25, -0.2) is 0 Å². The quantitative estimate of drug-likeness (QED) is 0.297. The van der Waals surface area contributed by atoms with Crippen molar-refractivity contribution in [2.75, 3.05) is 7.11 Å². The second kappa shape index (κ2) is 8.20. The maximum Gasteiger partial charge on any atom is 0.258 e. The van der Waals surface area contributed by atoms with E-state index in [1.54, 1.807) is 24.3 Å². The standard InChI is InChI=1S/C26H21N3O4/c1-33-24-7-2-15(10-23(24)30)13-27-14-21-20-12-17(3-5-19(20)25(31)29-26(21)32)16-4-6-22-18(11-16)8-9-28-22/h2-12,14,28,30H,13H2,1H3,(H2,29,31,32). The fraction of sp³-hybridized carbons (Fsp3) is 0.0769. The number of benzene rings is 3. The average molecular weight is 439 g/mol. The monoisotopic (exact) mass is 439 g/mol. The van der Waals surface area contributed by atoms with Crippen LogP contribution in [0.15, 0.2) is 76.6 Å². The predicted octanol–water partition coefficient (Wildman–Crippen LogP) is 4.72. The highest BCUT2D eigenvalue weighted by molar-refractivity contribution is 6.03. The zero-order chi connectivity index (χ0) is 22.9. The smallest absolute Gasteiger partial charge is 0.258 e. The molecule has 0 saturated heterocycles. The van der Waals surface area contributed by atoms with Crippen LogP contribution in [0, 0.1) is 0 Å². The number of aromatic amines is 2. The molecule has 0 amide bonds. The van der Waals surface area contributed by atoms with Gasteiger partial charge in [-0.2, -0.15) is 0 Å². The van der Waals surface area contributed by atoms with E-state index in [0.29, 0.717) is 22.1 Å². The number of aliphatic imine (C=N–C) groups is 1. The molecular formula is C26H21N3O4. The summed E-state index contributed by atoms with van der Waals surface area (Å²) in [6.45, 7) is 0.279. The van der Waals surface area contributed by atoms with Crippen molar-refractivity contribution in [2.24, 2.45) is 4.99 Å². The molecule has 0 fully saturated rings. The number of pyridine rings is 1. The molecule has 0 unspecified atom stereocenters. The first-order chi connectivity index (χ1) is 16.0. The molecule has 3 aromatic carbocycles. The number of nitrogens with one attached hydrogen (secondary N) is 2. The number of H-pyrrole nitrogens is 2. The van der Waals surface area contributed by atoms with Gasteiger partial charge in [-0.3, -0.25) is 14.8 Å². The minimum absolute atomic E-state index is 0.0339. The van der Waals surface area contributed by atoms with Crippen molar-refractivity contribution in [3.05, 3.63) is 88.3 Å². The van der Waals surface area contributed by atoms with Gasteiger partial charge in [-0.1, -0.05) is 18.2 Å². The number of rotatable bonds is 5. The molecule has 4 N–H and O–H groups in total. The Morgan fingerprint density at radius 1 is 0.970 bits per heavy atom. The Labute approximate surface area is 188 Å². The number of nitrogens with zero attached hydrogens (tertiary/aromatic N) is 1. The summed E-state index contributed by atoms with van der Waals surface area (Å²) in [6, 6.07) is 18.7. The van der Waals surface area contributed by atoms with Gasteiger partial charge < -0.3 is 19.9 Å². The van der Waals surface area contributed by atoms with Crippen LogP contribution in [0.25, 0.3) is 32.8 Å². The molecule has 7 heteroatoms. The Morgan fingerprint density at radius 3 is 2.61 bits per heavy atom. The van der Waals surface area contributed by atoms with Crippen LogP contribution in [0.3, 0.4) is 0 Å². The third-order valence-corrected chi connectivity index (χ3v) is 5.67. The first kappa shape index (κ1) is 20.4. The minimum atomic E-state index is -0.368. The lowest BCUT2D eigenvalue weighted by Crippen LogP contribution is -2.08. The van der Waals surface area contributed by atoms with E-state index >= 15 is 0 Å². The highest BCUT2D eigenvalue weighted by atomic mass is 16.5. The van der Waals surface area contributed by atoms with Gasteiger partial charge >= 0.3 is 0 Å². The van der Waals surface area contributed by atoms with Gasteiger partial charge in [0.05, 0.1) is 19.2 Å². The van der Waals surface area contributed by atoms with Crippen molar-refractivity contribution in [3.8, 4) is 28.5 Å². The number of phenolic OH excluding ortho intramolecular Hbond substituents is 1. The first-order valence-corrected chi connectivity index (χ1v) is 10.4. The van der Waals surface area contributed by atoms with Crippen LogP contribution in [-0.4, -0.2) is 33.5 Å². The number of phenols is 1. The summed E-state index contributed by atoms with van der Waals surface area (Å²) in [5.41, 5.74) is 3.80.